The van der Waals surface area contributed by atoms with E-state index in [1.54, 1.807) is 11.3 Å². The molecule has 3 atom stereocenters. The molecule has 0 radical (unpaired) electrons. The Labute approximate surface area is 153 Å². The Morgan fingerprint density at radius 3 is 2.72 bits per heavy atom. The lowest BCUT2D eigenvalue weighted by molar-refractivity contribution is -0.124. The maximum absolute atomic E-state index is 12.2. The Morgan fingerprint density at radius 1 is 1.28 bits per heavy atom. The van der Waals surface area contributed by atoms with Crippen LogP contribution in [0.15, 0.2) is 29.6 Å². The Kier molecular flexibility index (Phi) is 5.74. The molecule has 1 aromatic carbocycles. The maximum atomic E-state index is 12.2. The van der Waals surface area contributed by atoms with Crippen LogP contribution in [-0.4, -0.2) is 23.5 Å². The number of thiazole rings is 1. The molecule has 1 aliphatic rings. The van der Waals surface area contributed by atoms with Crippen LogP contribution in [0.25, 0.3) is 10.6 Å². The molecule has 4 nitrogen and oxygen atoms in total. The number of carbonyl (C=O) groups is 1. The fourth-order valence-electron chi connectivity index (χ4n) is 3.36. The van der Waals surface area contributed by atoms with Crippen LogP contribution in [0.3, 0.4) is 0 Å². The van der Waals surface area contributed by atoms with Crippen LogP contribution in [-0.2, 0) is 4.79 Å². The molecule has 1 amide bonds. The number of nitrogens with one attached hydrogen (secondary N) is 1. The third kappa shape index (κ3) is 4.60. The summed E-state index contributed by atoms with van der Waals surface area (Å²) < 4.78 is 5.64. The van der Waals surface area contributed by atoms with Crippen molar-refractivity contribution in [3.63, 3.8) is 0 Å². The number of carbonyl (C=O) groups excluding carboxylic acids is 1. The molecule has 1 N–H and O–H groups in total. The number of hydrogen-bond acceptors (Lipinski definition) is 4. The van der Waals surface area contributed by atoms with Gasteiger partial charge in [-0.2, -0.15) is 0 Å². The second-order valence-electron chi connectivity index (χ2n) is 7.05. The molecule has 5 heteroatoms. The Morgan fingerprint density at radius 2 is 2.04 bits per heavy atom. The van der Waals surface area contributed by atoms with E-state index in [2.05, 4.69) is 24.1 Å². The molecule has 3 rings (SSSR count). The highest BCUT2D eigenvalue weighted by molar-refractivity contribution is 7.13. The van der Waals surface area contributed by atoms with Gasteiger partial charge < -0.3 is 10.1 Å². The lowest BCUT2D eigenvalue weighted by Crippen LogP contribution is -2.45. The fraction of sp³-hybridized carbons (Fsp3) is 0.500. The van der Waals surface area contributed by atoms with Gasteiger partial charge in [-0.25, -0.2) is 4.98 Å². The highest BCUT2D eigenvalue weighted by Crippen LogP contribution is 2.29. The number of aryl methyl sites for hydroxylation is 1. The van der Waals surface area contributed by atoms with Crippen LogP contribution >= 0.6 is 11.3 Å². The Hall–Kier alpha value is -1.88. The zero-order valence-corrected chi connectivity index (χ0v) is 15.9. The van der Waals surface area contributed by atoms with E-state index in [0.29, 0.717) is 17.6 Å². The molecule has 0 bridgehead atoms. The van der Waals surface area contributed by atoms with E-state index in [9.17, 15) is 4.79 Å². The van der Waals surface area contributed by atoms with Crippen molar-refractivity contribution in [2.45, 2.75) is 46.1 Å². The van der Waals surface area contributed by atoms with E-state index in [4.69, 9.17) is 4.74 Å². The van der Waals surface area contributed by atoms with E-state index < -0.39 is 0 Å². The second-order valence-corrected chi connectivity index (χ2v) is 7.91. The van der Waals surface area contributed by atoms with Gasteiger partial charge in [0.2, 0.25) is 0 Å². The largest absolute Gasteiger partial charge is 0.484 e. The van der Waals surface area contributed by atoms with Crippen molar-refractivity contribution in [3.05, 3.63) is 35.3 Å². The number of rotatable bonds is 5. The Balaban J connectivity index is 1.50. The normalized spacial score (nSPS) is 23.2. The average Bonchev–Trinajstić information content (AvgIpc) is 3.04. The minimum absolute atomic E-state index is 0.0365. The summed E-state index contributed by atoms with van der Waals surface area (Å²) in [5.74, 6) is 1.86. The first-order chi connectivity index (χ1) is 12.0. The third-order valence-corrected chi connectivity index (χ3v) is 6.15. The van der Waals surface area contributed by atoms with Crippen LogP contribution in [0.2, 0.25) is 0 Å². The van der Waals surface area contributed by atoms with Crippen molar-refractivity contribution in [1.29, 1.82) is 0 Å². The van der Waals surface area contributed by atoms with E-state index in [0.717, 1.165) is 22.7 Å². The minimum atomic E-state index is -0.0365. The van der Waals surface area contributed by atoms with E-state index in [1.165, 1.54) is 12.8 Å². The van der Waals surface area contributed by atoms with Gasteiger partial charge >= 0.3 is 0 Å². The van der Waals surface area contributed by atoms with Gasteiger partial charge in [0.15, 0.2) is 6.61 Å². The molecule has 25 heavy (non-hydrogen) atoms. The predicted molar refractivity (Wildman–Crippen MR) is 102 cm³/mol. The molecule has 0 saturated heterocycles. The molecule has 1 heterocycles. The van der Waals surface area contributed by atoms with E-state index >= 15 is 0 Å². The smallest absolute Gasteiger partial charge is 0.258 e. The van der Waals surface area contributed by atoms with Gasteiger partial charge in [0.25, 0.3) is 5.91 Å². The van der Waals surface area contributed by atoms with Crippen LogP contribution in [0.5, 0.6) is 5.75 Å². The fourth-order valence-corrected chi connectivity index (χ4v) is 4.17. The summed E-state index contributed by atoms with van der Waals surface area (Å²) in [5.41, 5.74) is 2.10. The van der Waals surface area contributed by atoms with Crippen molar-refractivity contribution in [2.24, 2.45) is 11.8 Å². The molecule has 134 valence electrons. The van der Waals surface area contributed by atoms with Gasteiger partial charge in [0.05, 0.1) is 0 Å². The first-order valence-electron chi connectivity index (χ1n) is 8.97. The monoisotopic (exact) mass is 358 g/mol. The van der Waals surface area contributed by atoms with Crippen LogP contribution in [0.4, 0.5) is 0 Å². The topological polar surface area (TPSA) is 51.2 Å². The summed E-state index contributed by atoms with van der Waals surface area (Å²) >= 11 is 1.63. The van der Waals surface area contributed by atoms with Gasteiger partial charge in [0.1, 0.15) is 10.8 Å². The second kappa shape index (κ2) is 8.00. The molecule has 1 aliphatic carbocycles. The highest BCUT2D eigenvalue weighted by Gasteiger charge is 2.28. The molecule has 0 spiro atoms. The first-order valence-corrected chi connectivity index (χ1v) is 9.85. The number of ether oxygens (including phenoxy) is 1. The third-order valence-electron chi connectivity index (χ3n) is 5.14. The van der Waals surface area contributed by atoms with E-state index in [-0.39, 0.29) is 18.6 Å². The molecule has 0 unspecified atom stereocenters. The highest BCUT2D eigenvalue weighted by atomic mass is 32.1. The molecule has 1 fully saturated rings. The number of aromatic nitrogens is 1. The predicted octanol–water partition coefficient (Wildman–Crippen LogP) is 4.44. The standard InChI is InChI=1S/C20H26N2O2S/c1-13-5-4-6-18(15(13)3)22-19(23)11-24-17-9-7-16(8-10-17)20-21-14(2)12-25-20/h7-10,12-13,15,18H,4-6,11H2,1-3H3,(H,22,23)/t13-,15-,18-/m0/s1. The Bertz CT molecular complexity index is 711. The first kappa shape index (κ1) is 17.9. The summed E-state index contributed by atoms with van der Waals surface area (Å²) in [6.07, 6.45) is 3.52. The van der Waals surface area contributed by atoms with Gasteiger partial charge in [-0.15, -0.1) is 11.3 Å². The van der Waals surface area contributed by atoms with Crippen molar-refractivity contribution in [3.8, 4) is 16.3 Å². The molecular weight excluding hydrogens is 332 g/mol. The van der Waals surface area contributed by atoms with Gasteiger partial charge in [-0.3, -0.25) is 4.79 Å². The summed E-state index contributed by atoms with van der Waals surface area (Å²) in [5, 5.41) is 6.18. The van der Waals surface area contributed by atoms with Gasteiger partial charge in [0, 0.05) is 22.7 Å². The molecular formula is C20H26N2O2S. The van der Waals surface area contributed by atoms with Crippen LogP contribution in [0, 0.1) is 18.8 Å². The number of nitrogens with zero attached hydrogens (tertiary/aromatic N) is 1. The average molecular weight is 359 g/mol. The quantitative estimate of drug-likeness (QED) is 0.860. The van der Waals surface area contributed by atoms with Crippen LogP contribution in [0.1, 0.15) is 38.8 Å². The van der Waals surface area contributed by atoms with Crippen LogP contribution < -0.4 is 10.1 Å². The molecule has 0 aliphatic heterocycles. The van der Waals surface area contributed by atoms with E-state index in [1.807, 2.05) is 36.6 Å². The molecule has 1 aromatic heterocycles. The summed E-state index contributed by atoms with van der Waals surface area (Å²) in [6, 6.07) is 8.03. The van der Waals surface area contributed by atoms with Crippen molar-refractivity contribution < 1.29 is 9.53 Å². The summed E-state index contributed by atoms with van der Waals surface area (Å²) in [4.78, 5) is 16.7. The maximum Gasteiger partial charge on any atom is 0.258 e. The summed E-state index contributed by atoms with van der Waals surface area (Å²) in [7, 11) is 0. The number of hydrogen-bond donors (Lipinski definition) is 1. The van der Waals surface area contributed by atoms with Crippen molar-refractivity contribution in [2.75, 3.05) is 6.61 Å². The number of benzene rings is 1. The number of amides is 1. The van der Waals surface area contributed by atoms with Gasteiger partial charge in [-0.05, 0) is 49.4 Å². The lowest BCUT2D eigenvalue weighted by Gasteiger charge is -2.34. The van der Waals surface area contributed by atoms with Crippen molar-refractivity contribution in [1.82, 2.24) is 10.3 Å². The molecule has 1 saturated carbocycles. The SMILES string of the molecule is Cc1csc(-c2ccc(OCC(=O)N[C@H]3CCC[C@H](C)[C@@H]3C)cc2)n1. The molecule has 2 aromatic rings. The lowest BCUT2D eigenvalue weighted by atomic mass is 9.78. The zero-order chi connectivity index (χ0) is 17.8. The van der Waals surface area contributed by atoms with Gasteiger partial charge in [-0.1, -0.05) is 26.7 Å². The minimum Gasteiger partial charge on any atom is -0.484 e. The zero-order valence-electron chi connectivity index (χ0n) is 15.1. The van der Waals surface area contributed by atoms with Crippen molar-refractivity contribution >= 4 is 17.2 Å². The summed E-state index contributed by atoms with van der Waals surface area (Å²) in [6.45, 7) is 6.55.